The van der Waals surface area contributed by atoms with E-state index in [2.05, 4.69) is 34.6 Å². The van der Waals surface area contributed by atoms with E-state index in [1.165, 1.54) is 16.3 Å². The fourth-order valence-electron chi connectivity index (χ4n) is 3.51. The van der Waals surface area contributed by atoms with Gasteiger partial charge in [0, 0.05) is 0 Å². The maximum atomic E-state index is 13.4. The zero-order valence-electron chi connectivity index (χ0n) is 19.0. The molecule has 8 heteroatoms. The first-order chi connectivity index (χ1) is 15.1. The number of hydrogen-bond donors (Lipinski definition) is 1. The Morgan fingerprint density at radius 2 is 1.69 bits per heavy atom. The molecule has 0 aliphatic heterocycles. The monoisotopic (exact) mass is 498 g/mol. The predicted octanol–water partition coefficient (Wildman–Crippen LogP) is 3.15. The molecule has 1 atom stereocenters. The summed E-state index contributed by atoms with van der Waals surface area (Å²) in [6.45, 7) is 0. The van der Waals surface area contributed by atoms with E-state index in [9.17, 15) is 14.4 Å². The third-order valence-electron chi connectivity index (χ3n) is 5.38. The first-order valence-electron chi connectivity index (χ1n) is 10.3. The van der Waals surface area contributed by atoms with E-state index in [0.29, 0.717) is 11.3 Å². The molecule has 0 aliphatic rings. The molecule has 0 saturated carbocycles. The van der Waals surface area contributed by atoms with Crippen molar-refractivity contribution < 1.29 is 18.8 Å². The van der Waals surface area contributed by atoms with Crippen LogP contribution in [0.15, 0.2) is 63.9 Å². The van der Waals surface area contributed by atoms with E-state index >= 15 is 0 Å². The van der Waals surface area contributed by atoms with Gasteiger partial charge in [-0.05, 0) is 0 Å². The number of ketones is 1. The molecule has 0 saturated heterocycles. The minimum absolute atomic E-state index is 0.145. The summed E-state index contributed by atoms with van der Waals surface area (Å²) in [6, 6.07) is 15.4. The van der Waals surface area contributed by atoms with Crippen LogP contribution in [-0.2, 0) is 11.2 Å². The van der Waals surface area contributed by atoms with Crippen molar-refractivity contribution in [3.05, 3.63) is 81.8 Å². The van der Waals surface area contributed by atoms with Crippen molar-refractivity contribution in [2.24, 2.45) is 0 Å². The Labute approximate surface area is 189 Å². The average Bonchev–Trinajstić information content (AvgIpc) is 3.19. The molecule has 0 bridgehead atoms. The van der Waals surface area contributed by atoms with Gasteiger partial charge in [-0.2, -0.15) is 0 Å². The van der Waals surface area contributed by atoms with Gasteiger partial charge in [-0.1, -0.05) is 0 Å². The Morgan fingerprint density at radius 1 is 1.06 bits per heavy atom. The summed E-state index contributed by atoms with van der Waals surface area (Å²) < 4.78 is 11.5. The van der Waals surface area contributed by atoms with E-state index in [4.69, 9.17) is 9.26 Å². The number of carbonyl (C=O) groups is 2. The first kappa shape index (κ1) is 23.6. The van der Waals surface area contributed by atoms with Gasteiger partial charge < -0.3 is 0 Å². The van der Waals surface area contributed by atoms with Gasteiger partial charge in [-0.3, -0.25) is 4.79 Å². The molecule has 1 heterocycles. The van der Waals surface area contributed by atoms with Crippen molar-refractivity contribution in [2.75, 3.05) is 14.2 Å². The standard InChI is InChI=1S/C24H28GeN2O5/c1-25(2,3)18-10-6-16(7-11-18)14-20(28)23(17-8-12-19(31-5)13-9-17)27(4)24(30)21-15-22(29)26-32-21/h6-13,15,23H,14H2,1-5H3,(H,26,29). The van der Waals surface area contributed by atoms with Crippen LogP contribution >= 0.6 is 0 Å². The summed E-state index contributed by atoms with van der Waals surface area (Å²) in [4.78, 5) is 39.0. The zero-order chi connectivity index (χ0) is 23.5. The Balaban J connectivity index is 1.91. The van der Waals surface area contributed by atoms with Crippen molar-refractivity contribution >= 4 is 29.4 Å². The summed E-state index contributed by atoms with van der Waals surface area (Å²) in [5.74, 6) is 6.75. The molecule has 1 unspecified atom stereocenters. The number of carbonyl (C=O) groups excluding carboxylic acids is 2. The van der Waals surface area contributed by atoms with Crippen molar-refractivity contribution in [3.8, 4) is 5.75 Å². The van der Waals surface area contributed by atoms with Gasteiger partial charge in [0.2, 0.25) is 0 Å². The first-order valence-corrected chi connectivity index (χ1v) is 17.7. The van der Waals surface area contributed by atoms with Crippen LogP contribution in [0.4, 0.5) is 0 Å². The summed E-state index contributed by atoms with van der Waals surface area (Å²) in [5.41, 5.74) is 1.02. The molecule has 0 fully saturated rings. The summed E-state index contributed by atoms with van der Waals surface area (Å²) in [7, 11) is 3.09. The molecule has 0 aliphatic carbocycles. The molecule has 168 valence electrons. The van der Waals surface area contributed by atoms with Crippen LogP contribution in [0.2, 0.25) is 17.3 Å². The second-order valence-electron chi connectivity index (χ2n) is 8.76. The molecule has 1 N–H and O–H groups in total. The Hall–Kier alpha value is -3.07. The number of hydrogen-bond acceptors (Lipinski definition) is 5. The Morgan fingerprint density at radius 3 is 2.19 bits per heavy atom. The number of H-pyrrole nitrogens is 1. The number of aromatic nitrogens is 1. The van der Waals surface area contributed by atoms with Gasteiger partial charge in [-0.15, -0.1) is 0 Å². The summed E-state index contributed by atoms with van der Waals surface area (Å²) in [5, 5.41) is 2.11. The average molecular weight is 497 g/mol. The fraction of sp³-hybridized carbons (Fsp3) is 0.292. The van der Waals surface area contributed by atoms with Gasteiger partial charge in [0.15, 0.2) is 0 Å². The van der Waals surface area contributed by atoms with E-state index in [1.807, 2.05) is 12.1 Å². The molecule has 0 spiro atoms. The van der Waals surface area contributed by atoms with Crippen LogP contribution in [-0.4, -0.2) is 49.2 Å². The molecule has 1 amide bonds. The van der Waals surface area contributed by atoms with Crippen LogP contribution in [0.25, 0.3) is 0 Å². The minimum atomic E-state index is -1.94. The van der Waals surface area contributed by atoms with Crippen LogP contribution in [0.3, 0.4) is 0 Å². The quantitative estimate of drug-likeness (QED) is 0.483. The van der Waals surface area contributed by atoms with E-state index in [0.717, 1.165) is 11.6 Å². The molecule has 0 radical (unpaired) electrons. The van der Waals surface area contributed by atoms with Crippen molar-refractivity contribution in [2.45, 2.75) is 29.7 Å². The van der Waals surface area contributed by atoms with Crippen molar-refractivity contribution in [1.29, 1.82) is 0 Å². The number of amides is 1. The zero-order valence-corrected chi connectivity index (χ0v) is 21.1. The fourth-order valence-corrected chi connectivity index (χ4v) is 5.96. The SMILES string of the molecule is COc1ccc(C(C(=O)Cc2cc[c]([Ge]([CH3])([CH3])[CH3])cc2)N(C)C(=O)c2cc(=O)[nH]o2)cc1. The number of benzene rings is 2. The number of nitrogens with zero attached hydrogens (tertiary/aromatic N) is 1. The van der Waals surface area contributed by atoms with Crippen LogP contribution in [0.1, 0.15) is 27.7 Å². The van der Waals surface area contributed by atoms with Crippen molar-refractivity contribution in [3.63, 3.8) is 0 Å². The second kappa shape index (κ2) is 9.60. The summed E-state index contributed by atoms with van der Waals surface area (Å²) >= 11 is -1.94. The number of aromatic amines is 1. The van der Waals surface area contributed by atoms with Gasteiger partial charge in [0.25, 0.3) is 0 Å². The van der Waals surface area contributed by atoms with E-state index in [1.54, 1.807) is 31.4 Å². The van der Waals surface area contributed by atoms with E-state index < -0.39 is 30.8 Å². The molecule has 3 rings (SSSR count). The van der Waals surface area contributed by atoms with Gasteiger partial charge in [-0.25, -0.2) is 0 Å². The molecular weight excluding hydrogens is 469 g/mol. The maximum absolute atomic E-state index is 13.4. The number of rotatable bonds is 8. The van der Waals surface area contributed by atoms with Gasteiger partial charge >= 0.3 is 178 Å². The van der Waals surface area contributed by atoms with Crippen LogP contribution in [0.5, 0.6) is 5.75 Å². The predicted molar refractivity (Wildman–Crippen MR) is 125 cm³/mol. The number of likely N-dealkylation sites (N-methyl/N-ethyl adjacent to an activating group) is 1. The second-order valence-corrected chi connectivity index (χ2v) is 19.4. The number of nitrogens with one attached hydrogen (secondary N) is 1. The summed E-state index contributed by atoms with van der Waals surface area (Å²) in [6.07, 6.45) is 0.169. The molecule has 7 nitrogen and oxygen atoms in total. The third kappa shape index (κ3) is 5.40. The number of ether oxygens (including phenoxy) is 1. The molecule has 2 aromatic carbocycles. The Kier molecular flexibility index (Phi) is 7.08. The van der Waals surface area contributed by atoms with E-state index in [-0.39, 0.29) is 18.0 Å². The van der Waals surface area contributed by atoms with Crippen LogP contribution in [0, 0.1) is 0 Å². The van der Waals surface area contributed by atoms with Crippen molar-refractivity contribution in [1.82, 2.24) is 10.1 Å². The Bertz CT molecular complexity index is 1140. The third-order valence-corrected chi connectivity index (χ3v) is 9.71. The number of Topliss-reactive ketones (excluding diaryl/α,β-unsaturated/α-hetero) is 1. The van der Waals surface area contributed by atoms with Crippen LogP contribution < -0.4 is 14.7 Å². The molecule has 3 aromatic rings. The molecular formula is C24H28GeN2O5. The van der Waals surface area contributed by atoms with Gasteiger partial charge in [0.1, 0.15) is 0 Å². The number of methoxy groups -OCH3 is 1. The topological polar surface area (TPSA) is 92.6 Å². The van der Waals surface area contributed by atoms with Gasteiger partial charge in [0.05, 0.1) is 7.11 Å². The normalized spacial score (nSPS) is 12.3. The molecule has 1 aromatic heterocycles. The molecule has 32 heavy (non-hydrogen) atoms.